The number of likely N-dealkylation sites (N-methyl/N-ethyl adjacent to an activating group) is 1. The highest BCUT2D eigenvalue weighted by atomic mass is 32.2. The summed E-state index contributed by atoms with van der Waals surface area (Å²) in [7, 11) is -0.330. The van der Waals surface area contributed by atoms with Gasteiger partial charge >= 0.3 is 0 Å². The molecule has 27 heavy (non-hydrogen) atoms. The van der Waals surface area contributed by atoms with Gasteiger partial charge in [-0.2, -0.15) is 0 Å². The summed E-state index contributed by atoms with van der Waals surface area (Å²) in [6, 6.07) is 9.07. The van der Waals surface area contributed by atoms with Gasteiger partial charge in [-0.05, 0) is 60.7 Å². The first-order valence-electron chi connectivity index (χ1n) is 8.90. The van der Waals surface area contributed by atoms with Gasteiger partial charge < -0.3 is 14.7 Å². The normalized spacial score (nSPS) is 14.9. The molecular formula is C20H26N2O4S. The van der Waals surface area contributed by atoms with Crippen molar-refractivity contribution in [2.45, 2.75) is 31.3 Å². The Labute approximate surface area is 160 Å². The van der Waals surface area contributed by atoms with E-state index in [1.54, 1.807) is 12.1 Å². The molecule has 3 rings (SSSR count). The molecule has 1 aliphatic heterocycles. The highest BCUT2D eigenvalue weighted by Crippen LogP contribution is 2.30. The molecule has 2 N–H and O–H groups in total. The maximum atomic E-state index is 12.7. The van der Waals surface area contributed by atoms with E-state index in [1.807, 2.05) is 39.1 Å². The van der Waals surface area contributed by atoms with Crippen molar-refractivity contribution < 1.29 is 18.3 Å². The zero-order chi connectivity index (χ0) is 19.8. The van der Waals surface area contributed by atoms with E-state index in [4.69, 9.17) is 4.74 Å². The van der Waals surface area contributed by atoms with Crippen LogP contribution in [0.25, 0.3) is 0 Å². The van der Waals surface area contributed by atoms with Gasteiger partial charge in [-0.25, -0.2) is 13.1 Å². The molecule has 0 aliphatic carbocycles. The van der Waals surface area contributed by atoms with Crippen molar-refractivity contribution >= 4 is 15.7 Å². The van der Waals surface area contributed by atoms with Crippen LogP contribution in [0.2, 0.25) is 0 Å². The first kappa shape index (κ1) is 19.7. The highest BCUT2D eigenvalue weighted by molar-refractivity contribution is 7.89. The van der Waals surface area contributed by atoms with E-state index in [9.17, 15) is 13.5 Å². The van der Waals surface area contributed by atoms with E-state index in [-0.39, 0.29) is 11.4 Å². The molecule has 0 spiro atoms. The fraction of sp³-hybridized carbons (Fsp3) is 0.400. The van der Waals surface area contributed by atoms with Gasteiger partial charge in [-0.1, -0.05) is 12.1 Å². The molecule has 2 aromatic rings. The summed E-state index contributed by atoms with van der Waals surface area (Å²) in [6.07, 6.45) is 0.00587. The number of sulfonamides is 1. The van der Waals surface area contributed by atoms with E-state index < -0.39 is 16.1 Å². The van der Waals surface area contributed by atoms with Gasteiger partial charge in [-0.15, -0.1) is 0 Å². The molecule has 1 atom stereocenters. The lowest BCUT2D eigenvalue weighted by atomic mass is 10.0. The third-order valence-electron chi connectivity index (χ3n) is 5.15. The summed E-state index contributed by atoms with van der Waals surface area (Å²) >= 11 is 0. The number of aryl methyl sites for hydroxylation is 2. The van der Waals surface area contributed by atoms with Crippen molar-refractivity contribution in [3.05, 3.63) is 52.6 Å². The molecule has 146 valence electrons. The number of nitrogens with zero attached hydrogens (tertiary/aromatic N) is 1. The van der Waals surface area contributed by atoms with Gasteiger partial charge in [0.2, 0.25) is 10.0 Å². The maximum Gasteiger partial charge on any atom is 0.244 e. The molecule has 0 amide bonds. The van der Waals surface area contributed by atoms with Gasteiger partial charge in [0.25, 0.3) is 0 Å². The second-order valence-electron chi connectivity index (χ2n) is 7.01. The Kier molecular flexibility index (Phi) is 5.46. The fourth-order valence-electron chi connectivity index (χ4n) is 3.31. The first-order chi connectivity index (χ1) is 12.7. The van der Waals surface area contributed by atoms with Crippen LogP contribution in [-0.2, 0) is 16.4 Å². The van der Waals surface area contributed by atoms with Crippen molar-refractivity contribution in [3.8, 4) is 5.75 Å². The van der Waals surface area contributed by atoms with Crippen molar-refractivity contribution in [1.29, 1.82) is 0 Å². The smallest absolute Gasteiger partial charge is 0.244 e. The topological polar surface area (TPSA) is 78.9 Å². The van der Waals surface area contributed by atoms with E-state index in [2.05, 4.69) is 9.62 Å². The Morgan fingerprint density at radius 3 is 2.63 bits per heavy atom. The largest absolute Gasteiger partial charge is 0.495 e. The standard InChI is InChI=1S/C20H26N2O4S/c1-13-9-19(26-4)20(10-14(13)2)27(24,25)21-12-18(23)16-5-6-17-15(11-16)7-8-22(17)3/h5-6,9-11,18,21,23H,7-8,12H2,1-4H3. The molecule has 0 aromatic heterocycles. The van der Waals surface area contributed by atoms with E-state index in [0.717, 1.165) is 29.8 Å². The Bertz CT molecular complexity index is 957. The molecule has 2 aromatic carbocycles. The summed E-state index contributed by atoms with van der Waals surface area (Å²) in [5, 5.41) is 10.5. The average molecular weight is 391 g/mol. The molecule has 0 saturated heterocycles. The predicted octanol–water partition coefficient (Wildman–Crippen LogP) is 2.32. The van der Waals surface area contributed by atoms with Crippen molar-refractivity contribution in [2.75, 3.05) is 32.1 Å². The Morgan fingerprint density at radius 1 is 1.22 bits per heavy atom. The number of rotatable bonds is 6. The summed E-state index contributed by atoms with van der Waals surface area (Å²) in [5.41, 5.74) is 4.85. The Morgan fingerprint density at radius 2 is 1.93 bits per heavy atom. The predicted molar refractivity (Wildman–Crippen MR) is 106 cm³/mol. The van der Waals surface area contributed by atoms with Crippen LogP contribution < -0.4 is 14.4 Å². The number of fused-ring (bicyclic) bond motifs is 1. The molecule has 0 radical (unpaired) electrons. The van der Waals surface area contributed by atoms with Gasteiger partial charge in [0, 0.05) is 25.8 Å². The second-order valence-corrected chi connectivity index (χ2v) is 8.75. The fourth-order valence-corrected chi connectivity index (χ4v) is 4.58. The number of methoxy groups -OCH3 is 1. The quantitative estimate of drug-likeness (QED) is 0.791. The molecule has 6 nitrogen and oxygen atoms in total. The van der Waals surface area contributed by atoms with Gasteiger partial charge in [0.05, 0.1) is 13.2 Å². The number of aliphatic hydroxyl groups is 1. The minimum Gasteiger partial charge on any atom is -0.495 e. The lowest BCUT2D eigenvalue weighted by molar-refractivity contribution is 0.182. The number of hydrogen-bond donors (Lipinski definition) is 2. The Balaban J connectivity index is 1.77. The summed E-state index contributed by atoms with van der Waals surface area (Å²) in [5.74, 6) is 0.292. The minimum atomic E-state index is -3.81. The molecule has 0 fully saturated rings. The van der Waals surface area contributed by atoms with Gasteiger partial charge in [-0.3, -0.25) is 0 Å². The molecule has 0 bridgehead atoms. The van der Waals surface area contributed by atoms with Gasteiger partial charge in [0.1, 0.15) is 10.6 Å². The maximum absolute atomic E-state index is 12.7. The first-order valence-corrected chi connectivity index (χ1v) is 10.4. The average Bonchev–Trinajstić information content (AvgIpc) is 3.02. The number of hydrogen-bond acceptors (Lipinski definition) is 5. The minimum absolute atomic E-state index is 0.0795. The number of anilines is 1. The lowest BCUT2D eigenvalue weighted by Gasteiger charge is -2.17. The monoisotopic (exact) mass is 390 g/mol. The zero-order valence-electron chi connectivity index (χ0n) is 16.1. The molecule has 1 heterocycles. The summed E-state index contributed by atoms with van der Waals surface area (Å²) in [4.78, 5) is 2.25. The van der Waals surface area contributed by atoms with E-state index >= 15 is 0 Å². The highest BCUT2D eigenvalue weighted by Gasteiger charge is 2.23. The molecule has 1 unspecified atom stereocenters. The number of benzene rings is 2. The van der Waals surface area contributed by atoms with Crippen LogP contribution in [0.3, 0.4) is 0 Å². The third kappa shape index (κ3) is 3.95. The third-order valence-corrected chi connectivity index (χ3v) is 6.60. The van der Waals surface area contributed by atoms with Crippen molar-refractivity contribution in [1.82, 2.24) is 4.72 Å². The number of aliphatic hydroxyl groups excluding tert-OH is 1. The lowest BCUT2D eigenvalue weighted by Crippen LogP contribution is -2.29. The van der Waals surface area contributed by atoms with Crippen LogP contribution in [0, 0.1) is 13.8 Å². The number of ether oxygens (including phenoxy) is 1. The van der Waals surface area contributed by atoms with Crippen LogP contribution in [-0.4, -0.2) is 40.8 Å². The van der Waals surface area contributed by atoms with Gasteiger partial charge in [0.15, 0.2) is 0 Å². The summed E-state index contributed by atoms with van der Waals surface area (Å²) in [6.45, 7) is 4.60. The van der Waals surface area contributed by atoms with Crippen LogP contribution >= 0.6 is 0 Å². The molecule has 1 aliphatic rings. The van der Waals surface area contributed by atoms with Crippen LogP contribution in [0.5, 0.6) is 5.75 Å². The number of nitrogens with one attached hydrogen (secondary N) is 1. The zero-order valence-corrected chi connectivity index (χ0v) is 16.9. The van der Waals surface area contributed by atoms with Crippen molar-refractivity contribution in [3.63, 3.8) is 0 Å². The Hall–Kier alpha value is -2.09. The SMILES string of the molecule is COc1cc(C)c(C)cc1S(=O)(=O)NCC(O)c1ccc2c(c1)CCN2C. The van der Waals surface area contributed by atoms with Crippen molar-refractivity contribution in [2.24, 2.45) is 0 Å². The van der Waals surface area contributed by atoms with E-state index in [1.165, 1.54) is 12.7 Å². The summed E-state index contributed by atoms with van der Waals surface area (Å²) < 4.78 is 33.2. The molecule has 7 heteroatoms. The molecule has 0 saturated carbocycles. The van der Waals surface area contributed by atoms with Crippen LogP contribution in [0.4, 0.5) is 5.69 Å². The van der Waals surface area contributed by atoms with Crippen LogP contribution in [0.1, 0.15) is 28.4 Å². The van der Waals surface area contributed by atoms with Crippen LogP contribution in [0.15, 0.2) is 35.2 Å². The van der Waals surface area contributed by atoms with E-state index in [0.29, 0.717) is 11.3 Å². The molecular weight excluding hydrogens is 364 g/mol. The second kappa shape index (κ2) is 7.50.